The number of aryl methyl sites for hydroxylation is 1. The molecular weight excluding hydrogens is 382 g/mol. The molecule has 0 aliphatic rings. The van der Waals surface area contributed by atoms with E-state index in [9.17, 15) is 5.11 Å². The minimum Gasteiger partial charge on any atom is -0.497 e. The van der Waals surface area contributed by atoms with Gasteiger partial charge in [-0.25, -0.2) is 0 Å². The van der Waals surface area contributed by atoms with Gasteiger partial charge in [-0.15, -0.1) is 0 Å². The van der Waals surface area contributed by atoms with Crippen LogP contribution in [0.15, 0.2) is 29.4 Å². The minimum absolute atomic E-state index is 0.195. The zero-order valence-electron chi connectivity index (χ0n) is 19.1. The van der Waals surface area contributed by atoms with Crippen LogP contribution >= 0.6 is 0 Å². The standard InChI is InChI=1S/C22H35N5O3/c1-8-23-22(26(4)13-16-14-27(5)25-21(16)15(2)3)24-12-19(28)18-11-17(29-6)9-10-20(18)30-7/h9-11,14-15,19,28H,8,12-13H2,1-7H3,(H,23,24). The second-order valence-electron chi connectivity index (χ2n) is 7.54. The lowest BCUT2D eigenvalue weighted by atomic mass is 10.1. The first-order valence-corrected chi connectivity index (χ1v) is 10.2. The number of guanidine groups is 1. The third kappa shape index (κ3) is 5.89. The normalized spacial score (nSPS) is 12.8. The Kier molecular flexibility index (Phi) is 8.53. The van der Waals surface area contributed by atoms with E-state index in [2.05, 4.69) is 29.3 Å². The summed E-state index contributed by atoms with van der Waals surface area (Å²) in [5, 5.41) is 18.6. The molecule has 1 heterocycles. The number of ether oxygens (including phenoxy) is 2. The molecule has 1 atom stereocenters. The third-order valence-corrected chi connectivity index (χ3v) is 4.80. The second-order valence-corrected chi connectivity index (χ2v) is 7.54. The number of nitrogens with zero attached hydrogens (tertiary/aromatic N) is 4. The number of methoxy groups -OCH3 is 2. The first-order chi connectivity index (χ1) is 14.3. The van der Waals surface area contributed by atoms with E-state index < -0.39 is 6.10 Å². The lowest BCUT2D eigenvalue weighted by molar-refractivity contribution is 0.181. The van der Waals surface area contributed by atoms with Crippen molar-refractivity contribution in [1.29, 1.82) is 0 Å². The van der Waals surface area contributed by atoms with E-state index in [-0.39, 0.29) is 6.54 Å². The molecule has 2 aromatic rings. The van der Waals surface area contributed by atoms with Crippen molar-refractivity contribution >= 4 is 5.96 Å². The van der Waals surface area contributed by atoms with Crippen LogP contribution in [-0.4, -0.2) is 60.1 Å². The SMILES string of the molecule is CCNC(=NCC(O)c1cc(OC)ccc1OC)N(C)Cc1cn(C)nc1C(C)C. The zero-order chi connectivity index (χ0) is 22.3. The summed E-state index contributed by atoms with van der Waals surface area (Å²) in [6.45, 7) is 7.90. The van der Waals surface area contributed by atoms with Gasteiger partial charge in [0.25, 0.3) is 0 Å². The molecule has 8 nitrogen and oxygen atoms in total. The summed E-state index contributed by atoms with van der Waals surface area (Å²) in [7, 11) is 7.10. The minimum atomic E-state index is -0.818. The van der Waals surface area contributed by atoms with Gasteiger partial charge in [-0.05, 0) is 31.0 Å². The summed E-state index contributed by atoms with van der Waals surface area (Å²) in [5.41, 5.74) is 2.89. The Morgan fingerprint density at radius 2 is 2.03 bits per heavy atom. The van der Waals surface area contributed by atoms with Gasteiger partial charge in [-0.2, -0.15) is 5.10 Å². The van der Waals surface area contributed by atoms with Crippen molar-refractivity contribution in [3.8, 4) is 11.5 Å². The Bertz CT molecular complexity index is 847. The van der Waals surface area contributed by atoms with Gasteiger partial charge in [-0.3, -0.25) is 9.67 Å². The van der Waals surface area contributed by atoms with E-state index in [0.29, 0.717) is 29.5 Å². The van der Waals surface area contributed by atoms with E-state index in [1.807, 2.05) is 36.8 Å². The van der Waals surface area contributed by atoms with Gasteiger partial charge in [0, 0.05) is 44.5 Å². The van der Waals surface area contributed by atoms with Crippen molar-refractivity contribution in [2.24, 2.45) is 12.0 Å². The molecule has 166 valence electrons. The maximum absolute atomic E-state index is 10.8. The summed E-state index contributed by atoms with van der Waals surface area (Å²) in [6, 6.07) is 5.37. The van der Waals surface area contributed by atoms with Gasteiger partial charge in [0.1, 0.15) is 17.6 Å². The molecule has 1 unspecified atom stereocenters. The summed E-state index contributed by atoms with van der Waals surface area (Å²) in [6.07, 6.45) is 1.23. The molecule has 8 heteroatoms. The topological polar surface area (TPSA) is 84.1 Å². The number of aliphatic imine (C=N–C) groups is 1. The fraction of sp³-hybridized carbons (Fsp3) is 0.545. The van der Waals surface area contributed by atoms with Gasteiger partial charge >= 0.3 is 0 Å². The van der Waals surface area contributed by atoms with Crippen LogP contribution in [0.4, 0.5) is 0 Å². The molecule has 0 saturated heterocycles. The molecule has 0 bridgehead atoms. The molecule has 0 fully saturated rings. The molecule has 0 amide bonds. The summed E-state index contributed by atoms with van der Waals surface area (Å²) < 4.78 is 12.5. The van der Waals surface area contributed by atoms with Crippen LogP contribution in [0.25, 0.3) is 0 Å². The molecular formula is C22H35N5O3. The lowest BCUT2D eigenvalue weighted by Gasteiger charge is -2.23. The van der Waals surface area contributed by atoms with Gasteiger partial charge in [0.05, 0.1) is 26.5 Å². The molecule has 0 saturated carbocycles. The van der Waals surface area contributed by atoms with Crippen molar-refractivity contribution in [1.82, 2.24) is 20.0 Å². The first kappa shape index (κ1) is 23.5. The quantitative estimate of drug-likeness (QED) is 0.482. The van der Waals surface area contributed by atoms with Crippen molar-refractivity contribution < 1.29 is 14.6 Å². The van der Waals surface area contributed by atoms with Gasteiger partial charge in [-0.1, -0.05) is 13.8 Å². The van der Waals surface area contributed by atoms with Crippen molar-refractivity contribution in [2.75, 3.05) is 34.4 Å². The van der Waals surface area contributed by atoms with Crippen molar-refractivity contribution in [3.63, 3.8) is 0 Å². The summed E-state index contributed by atoms with van der Waals surface area (Å²) in [4.78, 5) is 6.70. The highest BCUT2D eigenvalue weighted by atomic mass is 16.5. The Hall–Kier alpha value is -2.74. The van der Waals surface area contributed by atoms with Crippen LogP contribution in [0.1, 0.15) is 49.6 Å². The molecule has 30 heavy (non-hydrogen) atoms. The summed E-state index contributed by atoms with van der Waals surface area (Å²) in [5.74, 6) is 2.33. The maximum Gasteiger partial charge on any atom is 0.194 e. The van der Waals surface area contributed by atoms with Crippen LogP contribution in [0.2, 0.25) is 0 Å². The van der Waals surface area contributed by atoms with Crippen LogP contribution < -0.4 is 14.8 Å². The number of aliphatic hydroxyl groups is 1. The molecule has 2 rings (SSSR count). The molecule has 1 aromatic heterocycles. The zero-order valence-corrected chi connectivity index (χ0v) is 19.1. The Balaban J connectivity index is 2.19. The Morgan fingerprint density at radius 3 is 2.63 bits per heavy atom. The molecule has 0 radical (unpaired) electrons. The summed E-state index contributed by atoms with van der Waals surface area (Å²) >= 11 is 0. The fourth-order valence-corrected chi connectivity index (χ4v) is 3.33. The Morgan fingerprint density at radius 1 is 1.30 bits per heavy atom. The Labute approximate surface area is 179 Å². The van der Waals surface area contributed by atoms with Crippen LogP contribution in [0.5, 0.6) is 11.5 Å². The first-order valence-electron chi connectivity index (χ1n) is 10.2. The molecule has 0 spiro atoms. The lowest BCUT2D eigenvalue weighted by Crippen LogP contribution is -2.39. The number of nitrogens with one attached hydrogen (secondary N) is 1. The fourth-order valence-electron chi connectivity index (χ4n) is 3.33. The van der Waals surface area contributed by atoms with Crippen molar-refractivity contribution in [2.45, 2.75) is 39.3 Å². The second kappa shape index (κ2) is 10.9. The van der Waals surface area contributed by atoms with E-state index in [0.717, 1.165) is 23.8 Å². The highest BCUT2D eigenvalue weighted by molar-refractivity contribution is 5.79. The number of rotatable bonds is 9. The van der Waals surface area contributed by atoms with E-state index in [4.69, 9.17) is 9.47 Å². The largest absolute Gasteiger partial charge is 0.497 e. The highest BCUT2D eigenvalue weighted by Gasteiger charge is 2.17. The molecule has 2 N–H and O–H groups in total. The highest BCUT2D eigenvalue weighted by Crippen LogP contribution is 2.29. The van der Waals surface area contributed by atoms with Crippen LogP contribution in [-0.2, 0) is 13.6 Å². The average molecular weight is 418 g/mol. The van der Waals surface area contributed by atoms with Gasteiger partial charge in [0.2, 0.25) is 0 Å². The maximum atomic E-state index is 10.8. The van der Waals surface area contributed by atoms with E-state index in [1.165, 1.54) is 0 Å². The number of aromatic nitrogens is 2. The number of hydrogen-bond donors (Lipinski definition) is 2. The molecule has 0 aliphatic carbocycles. The average Bonchev–Trinajstić information content (AvgIpc) is 3.10. The molecule has 1 aromatic carbocycles. The predicted molar refractivity (Wildman–Crippen MR) is 119 cm³/mol. The monoisotopic (exact) mass is 417 g/mol. The number of hydrogen-bond acceptors (Lipinski definition) is 5. The predicted octanol–water partition coefficient (Wildman–Crippen LogP) is 2.69. The van der Waals surface area contributed by atoms with E-state index >= 15 is 0 Å². The number of aliphatic hydroxyl groups excluding tert-OH is 1. The molecule has 0 aliphatic heterocycles. The number of benzene rings is 1. The van der Waals surface area contributed by atoms with Crippen LogP contribution in [0.3, 0.4) is 0 Å². The smallest absolute Gasteiger partial charge is 0.194 e. The van der Waals surface area contributed by atoms with Gasteiger partial charge < -0.3 is 24.8 Å². The third-order valence-electron chi connectivity index (χ3n) is 4.80. The van der Waals surface area contributed by atoms with Crippen LogP contribution in [0, 0.1) is 0 Å². The van der Waals surface area contributed by atoms with Crippen molar-refractivity contribution in [3.05, 3.63) is 41.2 Å². The van der Waals surface area contributed by atoms with E-state index in [1.54, 1.807) is 32.4 Å². The van der Waals surface area contributed by atoms with Gasteiger partial charge in [0.15, 0.2) is 5.96 Å².